The molecular weight excluding hydrogens is 280 g/mol. The van der Waals surface area contributed by atoms with Crippen LogP contribution in [-0.4, -0.2) is 48.9 Å². The van der Waals surface area contributed by atoms with Crippen LogP contribution in [0.2, 0.25) is 0 Å². The van der Waals surface area contributed by atoms with Crippen molar-refractivity contribution < 1.29 is 14.6 Å². The monoisotopic (exact) mass is 308 g/mol. The number of benzene rings is 1. The van der Waals surface area contributed by atoms with Gasteiger partial charge in [-0.2, -0.15) is 0 Å². The van der Waals surface area contributed by atoms with Crippen LogP contribution in [-0.2, 0) is 11.3 Å². The summed E-state index contributed by atoms with van der Waals surface area (Å²) in [7, 11) is 1.63. The number of carbonyl (C=O) groups excluding carboxylic acids is 1. The number of anilines is 1. The van der Waals surface area contributed by atoms with Gasteiger partial charge in [-0.1, -0.05) is 25.1 Å². The number of methoxy groups -OCH3 is 1. The summed E-state index contributed by atoms with van der Waals surface area (Å²) in [4.78, 5) is 16.5. The van der Waals surface area contributed by atoms with Crippen molar-refractivity contribution in [2.75, 3.05) is 31.7 Å². The summed E-state index contributed by atoms with van der Waals surface area (Å²) in [6, 6.07) is 7.53. The number of para-hydroxylation sites is 1. The summed E-state index contributed by atoms with van der Waals surface area (Å²) in [5.74, 6) is 0. The van der Waals surface area contributed by atoms with Crippen LogP contribution in [0.15, 0.2) is 24.3 Å². The predicted octanol–water partition coefficient (Wildman–Crippen LogP) is 2.87. The molecule has 0 aliphatic heterocycles. The lowest BCUT2D eigenvalue weighted by Gasteiger charge is -2.34. The van der Waals surface area contributed by atoms with Gasteiger partial charge in [-0.25, -0.2) is 4.79 Å². The summed E-state index contributed by atoms with van der Waals surface area (Å²) < 4.78 is 5.11. The van der Waals surface area contributed by atoms with Gasteiger partial charge >= 0.3 is 6.03 Å². The molecule has 1 N–H and O–H groups in total. The zero-order valence-corrected chi connectivity index (χ0v) is 14.1. The molecule has 1 aromatic rings. The Balaban J connectivity index is 3.09. The third-order valence-corrected chi connectivity index (χ3v) is 3.54. The normalized spacial score (nSPS) is 10.8. The zero-order chi connectivity index (χ0) is 16.5. The highest BCUT2D eigenvalue weighted by molar-refractivity contribution is 5.93. The van der Waals surface area contributed by atoms with E-state index in [9.17, 15) is 9.90 Å². The van der Waals surface area contributed by atoms with Crippen molar-refractivity contribution in [1.82, 2.24) is 4.90 Å². The molecule has 0 aliphatic rings. The molecule has 0 aliphatic carbocycles. The minimum atomic E-state index is -0.0799. The highest BCUT2D eigenvalue weighted by Gasteiger charge is 2.25. The van der Waals surface area contributed by atoms with Crippen molar-refractivity contribution in [3.8, 4) is 0 Å². The molecule has 0 bridgehead atoms. The Morgan fingerprint density at radius 2 is 1.95 bits per heavy atom. The molecule has 0 aromatic heterocycles. The largest absolute Gasteiger partial charge is 0.392 e. The van der Waals surface area contributed by atoms with Crippen LogP contribution < -0.4 is 4.90 Å². The van der Waals surface area contributed by atoms with Crippen LogP contribution in [0.5, 0.6) is 0 Å². The van der Waals surface area contributed by atoms with Gasteiger partial charge in [-0.15, -0.1) is 0 Å². The molecule has 0 heterocycles. The van der Waals surface area contributed by atoms with Gasteiger partial charge in [0.25, 0.3) is 0 Å². The van der Waals surface area contributed by atoms with E-state index in [0.29, 0.717) is 19.7 Å². The summed E-state index contributed by atoms with van der Waals surface area (Å²) in [5, 5.41) is 9.53. The Morgan fingerprint density at radius 3 is 2.50 bits per heavy atom. The van der Waals surface area contributed by atoms with Crippen molar-refractivity contribution in [2.24, 2.45) is 0 Å². The maximum atomic E-state index is 13.0. The molecule has 124 valence electrons. The lowest BCUT2D eigenvalue weighted by atomic mass is 10.1. The van der Waals surface area contributed by atoms with Gasteiger partial charge in [0, 0.05) is 31.8 Å². The van der Waals surface area contributed by atoms with Gasteiger partial charge < -0.3 is 14.7 Å². The molecule has 1 aromatic carbocycles. The molecule has 0 radical (unpaired) electrons. The van der Waals surface area contributed by atoms with E-state index in [1.165, 1.54) is 0 Å². The van der Waals surface area contributed by atoms with Crippen LogP contribution in [0.3, 0.4) is 0 Å². The molecular formula is C17H28N2O3. The minimum Gasteiger partial charge on any atom is -0.392 e. The molecule has 1 rings (SSSR count). The smallest absolute Gasteiger partial charge is 0.324 e. The van der Waals surface area contributed by atoms with Gasteiger partial charge in [0.2, 0.25) is 0 Å². The molecule has 0 saturated carbocycles. The number of carbonyl (C=O) groups is 1. The summed E-state index contributed by atoms with van der Waals surface area (Å²) in [5.41, 5.74) is 1.54. The third-order valence-electron chi connectivity index (χ3n) is 3.54. The van der Waals surface area contributed by atoms with E-state index in [2.05, 4.69) is 0 Å². The SMILES string of the molecule is CCCN(C(=O)N(CCOC)C(C)C)c1ccccc1CO. The Kier molecular flexibility index (Phi) is 7.91. The standard InChI is InChI=1S/C17H28N2O3/c1-5-10-19(16-9-7-6-8-15(16)13-20)17(21)18(14(2)3)11-12-22-4/h6-9,14,20H,5,10-13H2,1-4H3. The van der Waals surface area contributed by atoms with Crippen LogP contribution >= 0.6 is 0 Å². The number of aliphatic hydroxyl groups is 1. The van der Waals surface area contributed by atoms with E-state index in [4.69, 9.17) is 4.74 Å². The van der Waals surface area contributed by atoms with Crippen molar-refractivity contribution in [1.29, 1.82) is 0 Å². The third kappa shape index (κ3) is 4.71. The number of nitrogens with zero attached hydrogens (tertiary/aromatic N) is 2. The molecule has 0 spiro atoms. The molecule has 0 unspecified atom stereocenters. The number of hydrogen-bond acceptors (Lipinski definition) is 3. The number of hydrogen-bond donors (Lipinski definition) is 1. The van der Waals surface area contributed by atoms with Crippen LogP contribution in [0.4, 0.5) is 10.5 Å². The summed E-state index contributed by atoms with van der Waals surface area (Å²) >= 11 is 0. The van der Waals surface area contributed by atoms with Gasteiger partial charge in [0.05, 0.1) is 18.9 Å². The van der Waals surface area contributed by atoms with E-state index >= 15 is 0 Å². The van der Waals surface area contributed by atoms with E-state index in [1.54, 1.807) is 16.9 Å². The molecule has 5 heteroatoms. The van der Waals surface area contributed by atoms with E-state index in [0.717, 1.165) is 17.7 Å². The number of ether oxygens (including phenoxy) is 1. The van der Waals surface area contributed by atoms with Crippen molar-refractivity contribution >= 4 is 11.7 Å². The van der Waals surface area contributed by atoms with E-state index in [-0.39, 0.29) is 18.7 Å². The van der Waals surface area contributed by atoms with Gasteiger partial charge in [0.15, 0.2) is 0 Å². The first-order valence-corrected chi connectivity index (χ1v) is 7.82. The first kappa shape index (κ1) is 18.5. The topological polar surface area (TPSA) is 53.0 Å². The molecule has 0 fully saturated rings. The number of aliphatic hydroxyl groups excluding tert-OH is 1. The fourth-order valence-electron chi connectivity index (χ4n) is 2.37. The Morgan fingerprint density at radius 1 is 1.27 bits per heavy atom. The predicted molar refractivity (Wildman–Crippen MR) is 89.1 cm³/mol. The lowest BCUT2D eigenvalue weighted by Crippen LogP contribution is -2.48. The van der Waals surface area contributed by atoms with E-state index < -0.39 is 0 Å². The average Bonchev–Trinajstić information content (AvgIpc) is 2.52. The first-order valence-electron chi connectivity index (χ1n) is 7.82. The number of urea groups is 1. The number of rotatable bonds is 8. The van der Waals surface area contributed by atoms with Crippen molar-refractivity contribution in [3.05, 3.63) is 29.8 Å². The summed E-state index contributed by atoms with van der Waals surface area (Å²) in [6.07, 6.45) is 0.849. The number of amides is 2. The van der Waals surface area contributed by atoms with Crippen molar-refractivity contribution in [3.63, 3.8) is 0 Å². The molecule has 2 amide bonds. The Labute approximate surface area is 133 Å². The lowest BCUT2D eigenvalue weighted by molar-refractivity contribution is 0.139. The second-order valence-corrected chi connectivity index (χ2v) is 5.50. The quantitative estimate of drug-likeness (QED) is 0.803. The fourth-order valence-corrected chi connectivity index (χ4v) is 2.37. The molecule has 5 nitrogen and oxygen atoms in total. The van der Waals surface area contributed by atoms with Crippen LogP contribution in [0.25, 0.3) is 0 Å². The molecule has 0 saturated heterocycles. The van der Waals surface area contributed by atoms with Gasteiger partial charge in [-0.3, -0.25) is 4.90 Å². The second kappa shape index (κ2) is 9.43. The Hall–Kier alpha value is -1.59. The maximum Gasteiger partial charge on any atom is 0.324 e. The minimum absolute atomic E-state index is 0.0465. The van der Waals surface area contributed by atoms with Gasteiger partial charge in [0.1, 0.15) is 0 Å². The average molecular weight is 308 g/mol. The Bertz CT molecular complexity index is 463. The molecule has 22 heavy (non-hydrogen) atoms. The van der Waals surface area contributed by atoms with Gasteiger partial charge in [-0.05, 0) is 26.3 Å². The van der Waals surface area contributed by atoms with Crippen LogP contribution in [0.1, 0.15) is 32.8 Å². The highest BCUT2D eigenvalue weighted by atomic mass is 16.5. The second-order valence-electron chi connectivity index (χ2n) is 5.50. The maximum absolute atomic E-state index is 13.0. The first-order chi connectivity index (χ1) is 10.6. The highest BCUT2D eigenvalue weighted by Crippen LogP contribution is 2.23. The van der Waals surface area contributed by atoms with E-state index in [1.807, 2.05) is 45.0 Å². The fraction of sp³-hybridized carbons (Fsp3) is 0.588. The zero-order valence-electron chi connectivity index (χ0n) is 14.1. The summed E-state index contributed by atoms with van der Waals surface area (Å²) in [6.45, 7) is 7.62. The van der Waals surface area contributed by atoms with Crippen LogP contribution in [0, 0.1) is 0 Å². The van der Waals surface area contributed by atoms with Crippen molar-refractivity contribution in [2.45, 2.75) is 39.8 Å². The molecule has 0 atom stereocenters.